The van der Waals surface area contributed by atoms with Crippen LogP contribution in [0.15, 0.2) is 54.1 Å². The molecule has 7 atom stereocenters. The summed E-state index contributed by atoms with van der Waals surface area (Å²) >= 11 is 0. The second kappa shape index (κ2) is 8.28. The Balaban J connectivity index is 1.30. The van der Waals surface area contributed by atoms with Crippen molar-refractivity contribution in [2.75, 3.05) is 6.54 Å². The highest BCUT2D eigenvalue weighted by Crippen LogP contribution is 2.60. The van der Waals surface area contributed by atoms with Gasteiger partial charge in [0.1, 0.15) is 12.7 Å². The maximum absolute atomic E-state index is 13.6. The molecule has 1 aromatic carbocycles. The van der Waals surface area contributed by atoms with E-state index in [0.29, 0.717) is 30.2 Å². The molecule has 33 heavy (non-hydrogen) atoms. The highest BCUT2D eigenvalue weighted by Gasteiger charge is 2.67. The van der Waals surface area contributed by atoms with Crippen LogP contribution in [-0.2, 0) is 20.8 Å². The predicted octanol–water partition coefficient (Wildman–Crippen LogP) is 5.47. The molecule has 0 aromatic heterocycles. The molecular weight excluding hydrogens is 414 g/mol. The van der Waals surface area contributed by atoms with E-state index >= 15 is 0 Å². The maximum Gasteiger partial charge on any atom is 0.410 e. The molecule has 1 amide bonds. The van der Waals surface area contributed by atoms with Crippen LogP contribution in [0, 0.1) is 23.7 Å². The van der Waals surface area contributed by atoms with Crippen LogP contribution in [0.25, 0.3) is 0 Å². The molecule has 4 fully saturated rings. The van der Waals surface area contributed by atoms with Crippen LogP contribution in [0.3, 0.4) is 0 Å². The van der Waals surface area contributed by atoms with Crippen LogP contribution in [0.4, 0.5) is 4.79 Å². The van der Waals surface area contributed by atoms with E-state index in [4.69, 9.17) is 14.2 Å². The van der Waals surface area contributed by atoms with E-state index in [0.717, 1.165) is 18.4 Å². The molecule has 6 rings (SSSR count). The van der Waals surface area contributed by atoms with E-state index in [2.05, 4.69) is 18.2 Å². The summed E-state index contributed by atoms with van der Waals surface area (Å²) in [5.41, 5.74) is 2.48. The van der Waals surface area contributed by atoms with Crippen molar-refractivity contribution in [3.05, 3.63) is 59.7 Å². The normalized spacial score (nSPS) is 37.3. The fraction of sp³-hybridized carbons (Fsp3) is 0.607. The number of hydrogen-bond acceptors (Lipinski definition) is 4. The van der Waals surface area contributed by atoms with Gasteiger partial charge in [0.15, 0.2) is 5.79 Å². The number of ether oxygens (including phenoxy) is 3. The van der Waals surface area contributed by atoms with Crippen molar-refractivity contribution in [2.45, 2.75) is 76.6 Å². The number of benzene rings is 1. The third-order valence-corrected chi connectivity index (χ3v) is 8.48. The number of rotatable bonds is 5. The summed E-state index contributed by atoms with van der Waals surface area (Å²) in [6.45, 7) is 4.87. The summed E-state index contributed by atoms with van der Waals surface area (Å²) in [4.78, 5) is 15.6. The lowest BCUT2D eigenvalue weighted by Gasteiger charge is -2.37. The first-order chi connectivity index (χ1) is 16.0. The molecule has 2 bridgehead atoms. The van der Waals surface area contributed by atoms with E-state index in [9.17, 15) is 4.79 Å². The Labute approximate surface area is 196 Å². The Morgan fingerprint density at radius 3 is 2.52 bits per heavy atom. The van der Waals surface area contributed by atoms with E-state index < -0.39 is 5.79 Å². The molecule has 4 aliphatic carbocycles. The minimum atomic E-state index is -0.617. The van der Waals surface area contributed by atoms with E-state index in [1.54, 1.807) is 0 Å². The van der Waals surface area contributed by atoms with E-state index in [1.165, 1.54) is 24.8 Å². The van der Waals surface area contributed by atoms with Crippen molar-refractivity contribution < 1.29 is 19.0 Å². The summed E-state index contributed by atoms with van der Waals surface area (Å²) in [7, 11) is 0. The number of amides is 1. The van der Waals surface area contributed by atoms with Gasteiger partial charge in [0.25, 0.3) is 0 Å². The minimum absolute atomic E-state index is 0.0248. The number of carbonyl (C=O) groups is 1. The molecule has 1 aliphatic heterocycles. The molecule has 5 heteroatoms. The number of fused-ring (bicyclic) bond motifs is 7. The van der Waals surface area contributed by atoms with E-state index in [1.807, 2.05) is 49.1 Å². The van der Waals surface area contributed by atoms with Gasteiger partial charge in [-0.3, -0.25) is 4.90 Å². The fourth-order valence-corrected chi connectivity index (χ4v) is 7.21. The minimum Gasteiger partial charge on any atom is -0.445 e. The number of allylic oxidation sites excluding steroid dienone is 3. The maximum atomic E-state index is 13.6. The Hall–Kier alpha value is -2.11. The Kier molecular flexibility index (Phi) is 5.38. The van der Waals surface area contributed by atoms with Crippen molar-refractivity contribution in [1.82, 2.24) is 4.90 Å². The molecule has 0 unspecified atom stereocenters. The lowest BCUT2D eigenvalue weighted by atomic mass is 9.83. The summed E-state index contributed by atoms with van der Waals surface area (Å²) < 4.78 is 18.8. The van der Waals surface area contributed by atoms with Gasteiger partial charge in [-0.05, 0) is 75.2 Å². The lowest BCUT2D eigenvalue weighted by Crippen LogP contribution is -2.51. The third kappa shape index (κ3) is 3.83. The van der Waals surface area contributed by atoms with Gasteiger partial charge in [0.2, 0.25) is 0 Å². The summed E-state index contributed by atoms with van der Waals surface area (Å²) in [6.07, 6.45) is 12.7. The van der Waals surface area contributed by atoms with Gasteiger partial charge in [-0.1, -0.05) is 54.1 Å². The van der Waals surface area contributed by atoms with Gasteiger partial charge in [-0.2, -0.15) is 0 Å². The van der Waals surface area contributed by atoms with Gasteiger partial charge in [-0.15, -0.1) is 0 Å². The predicted molar refractivity (Wildman–Crippen MR) is 125 cm³/mol. The molecule has 1 heterocycles. The second-order valence-corrected chi connectivity index (χ2v) is 10.9. The highest BCUT2D eigenvalue weighted by atomic mass is 16.8. The Bertz CT molecular complexity index is 946. The standard InChI is InChI=1S/C28H35NO4/c1-28(2)32-25-23-21-13-12-20(16-21)22(23)24(26(25)33-28)29(15-14-18-8-6-7-9-18)27(30)31-17-19-10-4-3-5-11-19/h3-5,10-14,20-26H,6-9,15-17H2,1-2H3/t20-,21+,22-,23+,24-,25-,26+/m1/s1. The third-order valence-electron chi connectivity index (χ3n) is 8.48. The van der Waals surface area contributed by atoms with Gasteiger partial charge < -0.3 is 14.2 Å². The Morgan fingerprint density at radius 1 is 1.06 bits per heavy atom. The molecule has 0 radical (unpaired) electrons. The van der Waals surface area contributed by atoms with Gasteiger partial charge in [0, 0.05) is 6.54 Å². The topological polar surface area (TPSA) is 48.0 Å². The van der Waals surface area contributed by atoms with Gasteiger partial charge >= 0.3 is 6.09 Å². The monoisotopic (exact) mass is 449 g/mol. The lowest BCUT2D eigenvalue weighted by molar-refractivity contribution is -0.168. The first kappa shape index (κ1) is 21.4. The molecule has 1 aromatic rings. The van der Waals surface area contributed by atoms with Crippen LogP contribution in [0.2, 0.25) is 0 Å². The molecule has 3 saturated carbocycles. The highest BCUT2D eigenvalue weighted by molar-refractivity contribution is 5.69. The summed E-state index contributed by atoms with van der Waals surface area (Å²) in [5, 5.41) is 0. The second-order valence-electron chi connectivity index (χ2n) is 10.9. The molecule has 0 N–H and O–H groups in total. The van der Waals surface area contributed by atoms with Crippen LogP contribution in [0.5, 0.6) is 0 Å². The van der Waals surface area contributed by atoms with Crippen LogP contribution in [0.1, 0.15) is 51.5 Å². The quantitative estimate of drug-likeness (QED) is 0.560. The fourth-order valence-electron chi connectivity index (χ4n) is 7.21. The van der Waals surface area contributed by atoms with Crippen molar-refractivity contribution in [3.8, 4) is 0 Å². The van der Waals surface area contributed by atoms with Crippen molar-refractivity contribution >= 4 is 6.09 Å². The Morgan fingerprint density at radius 2 is 1.76 bits per heavy atom. The van der Waals surface area contributed by atoms with Crippen molar-refractivity contribution in [1.29, 1.82) is 0 Å². The van der Waals surface area contributed by atoms with Crippen LogP contribution in [-0.4, -0.2) is 41.6 Å². The zero-order valence-electron chi connectivity index (χ0n) is 19.7. The zero-order valence-corrected chi connectivity index (χ0v) is 19.7. The molecule has 0 spiro atoms. The first-order valence-corrected chi connectivity index (χ1v) is 12.7. The van der Waals surface area contributed by atoms with Crippen LogP contribution >= 0.6 is 0 Å². The molecule has 5 nitrogen and oxygen atoms in total. The van der Waals surface area contributed by atoms with Crippen molar-refractivity contribution in [3.63, 3.8) is 0 Å². The van der Waals surface area contributed by atoms with Crippen LogP contribution < -0.4 is 0 Å². The smallest absolute Gasteiger partial charge is 0.410 e. The summed E-state index contributed by atoms with van der Waals surface area (Å²) in [6, 6.07) is 9.90. The zero-order chi connectivity index (χ0) is 22.6. The average Bonchev–Trinajstić information content (AvgIpc) is 3.60. The number of carbonyl (C=O) groups excluding carboxylic acids is 1. The van der Waals surface area contributed by atoms with E-state index in [-0.39, 0.29) is 30.9 Å². The van der Waals surface area contributed by atoms with Crippen molar-refractivity contribution in [2.24, 2.45) is 23.7 Å². The largest absolute Gasteiger partial charge is 0.445 e. The number of hydrogen-bond donors (Lipinski definition) is 0. The first-order valence-electron chi connectivity index (χ1n) is 12.7. The molecule has 5 aliphatic rings. The molecule has 176 valence electrons. The molecular formula is C28H35NO4. The molecule has 1 saturated heterocycles. The van der Waals surface area contributed by atoms with Gasteiger partial charge in [-0.25, -0.2) is 4.79 Å². The SMILES string of the molecule is CC1(C)O[C@@H]2[C@H](O1)[C@@H]1[C@H]([C@H]2N(CC=C2CCCC2)C(=O)OCc2ccccc2)[C@@H]2C=C[C@H]1C2. The van der Waals surface area contributed by atoms with Gasteiger partial charge in [0.05, 0.1) is 12.1 Å². The average molecular weight is 450 g/mol. The summed E-state index contributed by atoms with van der Waals surface area (Å²) in [5.74, 6) is 1.20. The number of nitrogens with zero attached hydrogens (tertiary/aromatic N) is 1.